The lowest BCUT2D eigenvalue weighted by atomic mass is 9.93. The number of hydrogen-bond donors (Lipinski definition) is 2. The number of H-pyrrole nitrogens is 1. The van der Waals surface area contributed by atoms with Gasteiger partial charge in [0.1, 0.15) is 17.3 Å². The lowest BCUT2D eigenvalue weighted by molar-refractivity contribution is 0.0917. The number of rotatable bonds is 3. The molecule has 1 aliphatic rings. The summed E-state index contributed by atoms with van der Waals surface area (Å²) >= 11 is 0. The smallest absolute Gasteiger partial charge is 0.256 e. The van der Waals surface area contributed by atoms with E-state index in [2.05, 4.69) is 20.5 Å². The maximum atomic E-state index is 12.5. The topological polar surface area (TPSA) is 101 Å². The zero-order valence-corrected chi connectivity index (χ0v) is 12.8. The third-order valence-corrected chi connectivity index (χ3v) is 3.82. The molecule has 0 unspecified atom stereocenters. The van der Waals surface area contributed by atoms with Crippen LogP contribution in [0.4, 0.5) is 0 Å². The fourth-order valence-corrected chi connectivity index (χ4v) is 2.77. The molecule has 2 N–H and O–H groups in total. The molecule has 1 atom stereocenters. The van der Waals surface area contributed by atoms with Crippen LogP contribution in [-0.4, -0.2) is 26.9 Å². The maximum absolute atomic E-state index is 12.5. The van der Waals surface area contributed by atoms with Crippen molar-refractivity contribution in [3.63, 3.8) is 0 Å². The number of aromatic amines is 1. The van der Waals surface area contributed by atoms with Crippen molar-refractivity contribution in [1.82, 2.24) is 20.5 Å². The molecule has 1 amide bonds. The standard InChI is InChI=1S/C15H18N4O3/c1-7(14-17-9(3)18-19-14)16-15(21)12-8(2)22-11-6-4-5-10(20)13(11)12/h7H,4-6H2,1-3H3,(H,16,21)(H,17,18,19)/t7-/m0/s1. The minimum atomic E-state index is -0.360. The molecule has 2 aromatic rings. The number of carbonyl (C=O) groups excluding carboxylic acids is 2. The molecular formula is C15H18N4O3. The highest BCUT2D eigenvalue weighted by Crippen LogP contribution is 2.29. The third-order valence-electron chi connectivity index (χ3n) is 3.82. The van der Waals surface area contributed by atoms with Crippen LogP contribution in [0.1, 0.15) is 69.7 Å². The maximum Gasteiger partial charge on any atom is 0.256 e. The normalized spacial score (nSPS) is 15.5. The first-order chi connectivity index (χ1) is 10.5. The predicted molar refractivity (Wildman–Crippen MR) is 77.7 cm³/mol. The Bertz CT molecular complexity index is 744. The number of ketones is 1. The Labute approximate surface area is 127 Å². The molecule has 1 aliphatic carbocycles. The third kappa shape index (κ3) is 2.43. The first-order valence-electron chi connectivity index (χ1n) is 7.32. The van der Waals surface area contributed by atoms with Crippen LogP contribution in [0.3, 0.4) is 0 Å². The molecule has 0 spiro atoms. The molecular weight excluding hydrogens is 284 g/mol. The van der Waals surface area contributed by atoms with Crippen LogP contribution >= 0.6 is 0 Å². The van der Waals surface area contributed by atoms with Crippen molar-refractivity contribution in [2.24, 2.45) is 0 Å². The van der Waals surface area contributed by atoms with Gasteiger partial charge in [-0.25, -0.2) is 4.98 Å². The molecule has 0 aromatic carbocycles. The summed E-state index contributed by atoms with van der Waals surface area (Å²) in [5.74, 6) is 1.95. The summed E-state index contributed by atoms with van der Waals surface area (Å²) in [5.41, 5.74) is 0.790. The number of nitrogens with one attached hydrogen (secondary N) is 2. The molecule has 22 heavy (non-hydrogen) atoms. The molecule has 7 heteroatoms. The summed E-state index contributed by atoms with van der Waals surface area (Å²) in [6, 6.07) is -0.360. The Hall–Kier alpha value is -2.44. The van der Waals surface area contributed by atoms with Gasteiger partial charge in [-0.3, -0.25) is 14.7 Å². The second-order valence-electron chi connectivity index (χ2n) is 5.58. The lowest BCUT2D eigenvalue weighted by Gasteiger charge is -2.12. The van der Waals surface area contributed by atoms with Crippen molar-refractivity contribution in [2.45, 2.75) is 46.1 Å². The Morgan fingerprint density at radius 3 is 2.82 bits per heavy atom. The number of carbonyl (C=O) groups is 2. The average molecular weight is 302 g/mol. The van der Waals surface area contributed by atoms with Crippen molar-refractivity contribution in [3.05, 3.63) is 34.3 Å². The second kappa shape index (κ2) is 5.40. The Morgan fingerprint density at radius 1 is 1.36 bits per heavy atom. The summed E-state index contributed by atoms with van der Waals surface area (Å²) in [7, 11) is 0. The minimum Gasteiger partial charge on any atom is -0.465 e. The van der Waals surface area contributed by atoms with E-state index in [1.165, 1.54) is 0 Å². The number of aryl methyl sites for hydroxylation is 3. The van der Waals surface area contributed by atoms with Gasteiger partial charge in [-0.2, -0.15) is 5.10 Å². The number of fused-ring (bicyclic) bond motifs is 1. The van der Waals surface area contributed by atoms with Crippen LogP contribution in [-0.2, 0) is 6.42 Å². The molecule has 0 fully saturated rings. The number of amides is 1. The Kier molecular flexibility index (Phi) is 3.56. The van der Waals surface area contributed by atoms with Gasteiger partial charge < -0.3 is 9.73 Å². The zero-order valence-electron chi connectivity index (χ0n) is 12.8. The fourth-order valence-electron chi connectivity index (χ4n) is 2.77. The van der Waals surface area contributed by atoms with Gasteiger partial charge in [0.05, 0.1) is 17.2 Å². The van der Waals surface area contributed by atoms with E-state index in [0.29, 0.717) is 47.1 Å². The number of nitrogens with zero attached hydrogens (tertiary/aromatic N) is 2. The summed E-state index contributed by atoms with van der Waals surface area (Å²) in [6.45, 7) is 5.30. The summed E-state index contributed by atoms with van der Waals surface area (Å²) < 4.78 is 5.60. The monoisotopic (exact) mass is 302 g/mol. The largest absolute Gasteiger partial charge is 0.465 e. The van der Waals surface area contributed by atoms with Crippen molar-refractivity contribution in [3.8, 4) is 0 Å². The van der Waals surface area contributed by atoms with E-state index in [-0.39, 0.29) is 17.7 Å². The van der Waals surface area contributed by atoms with Gasteiger partial charge in [0.15, 0.2) is 11.6 Å². The second-order valence-corrected chi connectivity index (χ2v) is 5.58. The Balaban J connectivity index is 1.87. The van der Waals surface area contributed by atoms with Gasteiger partial charge >= 0.3 is 0 Å². The first-order valence-corrected chi connectivity index (χ1v) is 7.32. The summed E-state index contributed by atoms with van der Waals surface area (Å²) in [4.78, 5) is 28.9. The van der Waals surface area contributed by atoms with Crippen molar-refractivity contribution >= 4 is 11.7 Å². The number of furan rings is 1. The summed E-state index contributed by atoms with van der Waals surface area (Å²) in [5, 5.41) is 9.60. The highest BCUT2D eigenvalue weighted by atomic mass is 16.3. The van der Waals surface area contributed by atoms with E-state index >= 15 is 0 Å². The van der Waals surface area contributed by atoms with E-state index in [4.69, 9.17) is 4.42 Å². The van der Waals surface area contributed by atoms with Crippen LogP contribution in [0.15, 0.2) is 4.42 Å². The average Bonchev–Trinajstić information content (AvgIpc) is 3.02. The molecule has 3 rings (SSSR count). The number of Topliss-reactive ketones (excluding diaryl/α,β-unsaturated/α-hetero) is 1. The Morgan fingerprint density at radius 2 is 2.14 bits per heavy atom. The molecule has 0 radical (unpaired) electrons. The molecule has 2 heterocycles. The summed E-state index contributed by atoms with van der Waals surface area (Å²) in [6.07, 6.45) is 1.93. The molecule has 0 saturated carbocycles. The molecule has 7 nitrogen and oxygen atoms in total. The van der Waals surface area contributed by atoms with Crippen molar-refractivity contribution in [1.29, 1.82) is 0 Å². The van der Waals surface area contributed by atoms with Crippen LogP contribution in [0.5, 0.6) is 0 Å². The van der Waals surface area contributed by atoms with E-state index in [1.54, 1.807) is 20.8 Å². The van der Waals surface area contributed by atoms with Crippen LogP contribution < -0.4 is 5.32 Å². The zero-order chi connectivity index (χ0) is 15.9. The number of hydrogen-bond acceptors (Lipinski definition) is 5. The number of aromatic nitrogens is 3. The predicted octanol–water partition coefficient (Wildman–Crippen LogP) is 2.02. The quantitative estimate of drug-likeness (QED) is 0.903. The van der Waals surface area contributed by atoms with E-state index in [0.717, 1.165) is 6.42 Å². The molecule has 0 saturated heterocycles. The highest BCUT2D eigenvalue weighted by Gasteiger charge is 2.31. The fraction of sp³-hybridized carbons (Fsp3) is 0.467. The van der Waals surface area contributed by atoms with Crippen molar-refractivity contribution < 1.29 is 14.0 Å². The van der Waals surface area contributed by atoms with Gasteiger partial charge in [0, 0.05) is 12.8 Å². The van der Waals surface area contributed by atoms with Gasteiger partial charge in [-0.05, 0) is 27.2 Å². The molecule has 0 bridgehead atoms. The minimum absolute atomic E-state index is 0.0235. The van der Waals surface area contributed by atoms with Crippen molar-refractivity contribution in [2.75, 3.05) is 0 Å². The molecule has 2 aromatic heterocycles. The van der Waals surface area contributed by atoms with Gasteiger partial charge in [0.2, 0.25) is 0 Å². The van der Waals surface area contributed by atoms with E-state index in [9.17, 15) is 9.59 Å². The molecule has 116 valence electrons. The van der Waals surface area contributed by atoms with E-state index in [1.807, 2.05) is 0 Å². The van der Waals surface area contributed by atoms with Gasteiger partial charge in [-0.1, -0.05) is 0 Å². The molecule has 0 aliphatic heterocycles. The van der Waals surface area contributed by atoms with Crippen LogP contribution in [0.25, 0.3) is 0 Å². The van der Waals surface area contributed by atoms with Crippen LogP contribution in [0.2, 0.25) is 0 Å². The van der Waals surface area contributed by atoms with Gasteiger partial charge in [-0.15, -0.1) is 0 Å². The highest BCUT2D eigenvalue weighted by molar-refractivity contribution is 6.10. The SMILES string of the molecule is Cc1nc([C@H](C)NC(=O)c2c(C)oc3c2C(=O)CCC3)n[nH]1. The van der Waals surface area contributed by atoms with Crippen LogP contribution in [0, 0.1) is 13.8 Å². The van der Waals surface area contributed by atoms with Gasteiger partial charge in [0.25, 0.3) is 5.91 Å². The first kappa shape index (κ1) is 14.5. The lowest BCUT2D eigenvalue weighted by Crippen LogP contribution is -2.29. The van der Waals surface area contributed by atoms with E-state index < -0.39 is 0 Å².